The average molecular weight is 388 g/mol. The van der Waals surface area contributed by atoms with Gasteiger partial charge in [-0.3, -0.25) is 4.99 Å². The van der Waals surface area contributed by atoms with E-state index in [0.29, 0.717) is 0 Å². The number of aliphatic imine (C=N–C) groups is 1. The van der Waals surface area contributed by atoms with Crippen LogP contribution < -0.4 is 0 Å². The Morgan fingerprint density at radius 2 is 1.20 bits per heavy atom. The highest BCUT2D eigenvalue weighted by Gasteiger charge is 2.11. The van der Waals surface area contributed by atoms with E-state index in [1.807, 2.05) is 12.1 Å². The Labute approximate surface area is 179 Å². The van der Waals surface area contributed by atoms with Gasteiger partial charge in [0.2, 0.25) is 0 Å². The second-order valence-electron chi connectivity index (χ2n) is 7.47. The van der Waals surface area contributed by atoms with Crippen molar-refractivity contribution >= 4 is 11.4 Å². The van der Waals surface area contributed by atoms with Gasteiger partial charge in [-0.25, -0.2) is 0 Å². The summed E-state index contributed by atoms with van der Waals surface area (Å²) >= 11 is 0. The first-order valence-corrected chi connectivity index (χ1v) is 10.2. The van der Waals surface area contributed by atoms with Gasteiger partial charge >= 0.3 is 0 Å². The van der Waals surface area contributed by atoms with Gasteiger partial charge in [0, 0.05) is 16.8 Å². The van der Waals surface area contributed by atoms with Crippen LogP contribution in [0.3, 0.4) is 0 Å². The van der Waals surface area contributed by atoms with Crippen LogP contribution in [0.25, 0.3) is 28.0 Å². The third-order valence-corrected chi connectivity index (χ3v) is 5.28. The summed E-state index contributed by atoms with van der Waals surface area (Å²) in [5.41, 5.74) is 9.84. The monoisotopic (exact) mass is 387 g/mol. The highest BCUT2D eigenvalue weighted by molar-refractivity contribution is 6.07. The molecular weight excluding hydrogens is 362 g/mol. The van der Waals surface area contributed by atoms with E-state index < -0.39 is 0 Å². The first-order valence-electron chi connectivity index (χ1n) is 10.2. The van der Waals surface area contributed by atoms with Crippen molar-refractivity contribution in [3.05, 3.63) is 126 Å². The summed E-state index contributed by atoms with van der Waals surface area (Å²) in [4.78, 5) is 4.94. The Kier molecular flexibility index (Phi) is 5.72. The number of rotatable bonds is 5. The second-order valence-corrected chi connectivity index (χ2v) is 7.47. The third-order valence-electron chi connectivity index (χ3n) is 5.28. The lowest BCUT2D eigenvalue weighted by Crippen LogP contribution is -1.99. The summed E-state index contributed by atoms with van der Waals surface area (Å²) in [6.07, 6.45) is 0. The van der Waals surface area contributed by atoms with Gasteiger partial charge in [-0.2, -0.15) is 0 Å². The zero-order valence-electron chi connectivity index (χ0n) is 17.5. The van der Waals surface area contributed by atoms with Gasteiger partial charge in [0.05, 0.1) is 5.70 Å². The van der Waals surface area contributed by atoms with E-state index >= 15 is 0 Å². The molecule has 0 N–H and O–H groups in total. The highest BCUT2D eigenvalue weighted by atomic mass is 14.8. The summed E-state index contributed by atoms with van der Waals surface area (Å²) in [6, 6.07) is 35.7. The molecule has 0 aliphatic rings. The van der Waals surface area contributed by atoms with Crippen LogP contribution in [-0.2, 0) is 0 Å². The maximum atomic E-state index is 4.94. The molecule has 0 spiro atoms. The van der Waals surface area contributed by atoms with Crippen LogP contribution in [0.1, 0.15) is 23.6 Å². The fourth-order valence-electron chi connectivity index (χ4n) is 3.76. The molecule has 0 atom stereocenters. The zero-order valence-corrected chi connectivity index (χ0v) is 17.5. The molecule has 0 fully saturated rings. The maximum Gasteiger partial charge on any atom is 0.0639 e. The minimum absolute atomic E-state index is 0.772. The number of nitrogens with zero attached hydrogens (tertiary/aromatic N) is 1. The van der Waals surface area contributed by atoms with Crippen molar-refractivity contribution in [2.75, 3.05) is 0 Å². The fourth-order valence-corrected chi connectivity index (χ4v) is 3.76. The average Bonchev–Trinajstić information content (AvgIpc) is 2.80. The fraction of sp³-hybridized carbons (Fsp3) is 0.0690. The van der Waals surface area contributed by atoms with Crippen molar-refractivity contribution in [1.82, 2.24) is 0 Å². The first kappa shape index (κ1) is 19.6. The SMILES string of the molecule is C=C(N=C(C)c1ccccc1-c1ccccc1)c1ccc(C)cc1-c1ccccc1. The van der Waals surface area contributed by atoms with Crippen molar-refractivity contribution in [2.24, 2.45) is 4.99 Å². The van der Waals surface area contributed by atoms with Crippen molar-refractivity contribution in [3.63, 3.8) is 0 Å². The lowest BCUT2D eigenvalue weighted by Gasteiger charge is -2.13. The number of hydrogen-bond donors (Lipinski definition) is 0. The molecule has 0 aliphatic carbocycles. The van der Waals surface area contributed by atoms with Crippen molar-refractivity contribution < 1.29 is 0 Å². The molecule has 1 nitrogen and oxygen atoms in total. The van der Waals surface area contributed by atoms with Gasteiger partial charge < -0.3 is 0 Å². The second kappa shape index (κ2) is 8.75. The molecule has 1 heteroatoms. The van der Waals surface area contributed by atoms with Crippen LogP contribution in [0.4, 0.5) is 0 Å². The molecular formula is C29H25N. The predicted octanol–water partition coefficient (Wildman–Crippen LogP) is 7.81. The van der Waals surface area contributed by atoms with Crippen LogP contribution in [0.5, 0.6) is 0 Å². The highest BCUT2D eigenvalue weighted by Crippen LogP contribution is 2.31. The lowest BCUT2D eigenvalue weighted by molar-refractivity contribution is 1.42. The summed E-state index contributed by atoms with van der Waals surface area (Å²) in [6.45, 7) is 8.49. The molecule has 0 aliphatic heterocycles. The van der Waals surface area contributed by atoms with E-state index in [2.05, 4.69) is 111 Å². The summed E-state index contributed by atoms with van der Waals surface area (Å²) in [5.74, 6) is 0. The molecule has 4 aromatic rings. The molecule has 0 saturated heterocycles. The molecule has 0 aromatic heterocycles. The molecule has 30 heavy (non-hydrogen) atoms. The van der Waals surface area contributed by atoms with Gasteiger partial charge in [0.1, 0.15) is 0 Å². The minimum atomic E-state index is 0.772. The van der Waals surface area contributed by atoms with Crippen molar-refractivity contribution in [3.8, 4) is 22.3 Å². The van der Waals surface area contributed by atoms with E-state index in [-0.39, 0.29) is 0 Å². The Hall–Kier alpha value is -3.71. The number of hydrogen-bond acceptors (Lipinski definition) is 1. The molecule has 4 rings (SSSR count). The Balaban J connectivity index is 1.75. The normalized spacial score (nSPS) is 11.3. The minimum Gasteiger partial charge on any atom is -0.253 e. The molecule has 4 aromatic carbocycles. The molecule has 0 amide bonds. The topological polar surface area (TPSA) is 12.4 Å². The van der Waals surface area contributed by atoms with Crippen LogP contribution in [0.2, 0.25) is 0 Å². The van der Waals surface area contributed by atoms with Crippen LogP contribution in [0.15, 0.2) is 115 Å². The molecule has 0 bridgehead atoms. The van der Waals surface area contributed by atoms with Crippen LogP contribution in [0, 0.1) is 6.92 Å². The Morgan fingerprint density at radius 3 is 1.87 bits per heavy atom. The predicted molar refractivity (Wildman–Crippen MR) is 130 cm³/mol. The van der Waals surface area contributed by atoms with Gasteiger partial charge in [0.25, 0.3) is 0 Å². The zero-order chi connectivity index (χ0) is 20.9. The number of aryl methyl sites for hydroxylation is 1. The van der Waals surface area contributed by atoms with E-state index in [1.165, 1.54) is 22.3 Å². The van der Waals surface area contributed by atoms with Gasteiger partial charge in [0.15, 0.2) is 0 Å². The van der Waals surface area contributed by atoms with Crippen molar-refractivity contribution in [1.29, 1.82) is 0 Å². The summed E-state index contributed by atoms with van der Waals surface area (Å²) in [5, 5.41) is 0. The Bertz CT molecular complexity index is 1200. The quantitative estimate of drug-likeness (QED) is 0.310. The lowest BCUT2D eigenvalue weighted by atomic mass is 9.95. The molecule has 146 valence electrons. The number of benzene rings is 4. The third kappa shape index (κ3) is 4.16. The molecule has 0 heterocycles. The van der Waals surface area contributed by atoms with Gasteiger partial charge in [-0.15, -0.1) is 0 Å². The maximum absolute atomic E-state index is 4.94. The van der Waals surface area contributed by atoms with Crippen molar-refractivity contribution in [2.45, 2.75) is 13.8 Å². The molecule has 0 saturated carbocycles. The molecule has 0 radical (unpaired) electrons. The van der Waals surface area contributed by atoms with E-state index in [1.54, 1.807) is 0 Å². The van der Waals surface area contributed by atoms with Crippen LogP contribution in [-0.4, -0.2) is 5.71 Å². The molecule has 0 unspecified atom stereocenters. The van der Waals surface area contributed by atoms with Crippen LogP contribution >= 0.6 is 0 Å². The van der Waals surface area contributed by atoms with Gasteiger partial charge in [-0.1, -0.05) is 115 Å². The Morgan fingerprint density at radius 1 is 0.633 bits per heavy atom. The first-order chi connectivity index (χ1) is 14.6. The van der Waals surface area contributed by atoms with E-state index in [9.17, 15) is 0 Å². The van der Waals surface area contributed by atoms with Gasteiger partial charge in [-0.05, 0) is 36.1 Å². The summed E-state index contributed by atoms with van der Waals surface area (Å²) in [7, 11) is 0. The largest absolute Gasteiger partial charge is 0.253 e. The van der Waals surface area contributed by atoms with E-state index in [4.69, 9.17) is 4.99 Å². The summed E-state index contributed by atoms with van der Waals surface area (Å²) < 4.78 is 0. The standard InChI is InChI=1S/C29H25N/c1-21-18-19-27(29(20-21)25-14-8-5-9-15-25)23(3)30-22(2)26-16-10-11-17-28(26)24-12-6-4-7-13-24/h4-20H,3H2,1-2H3. The smallest absolute Gasteiger partial charge is 0.0639 e. The van der Waals surface area contributed by atoms with E-state index in [0.717, 1.165) is 28.1 Å².